The van der Waals surface area contributed by atoms with Crippen molar-refractivity contribution in [1.82, 2.24) is 40.4 Å². The van der Waals surface area contributed by atoms with E-state index in [2.05, 4.69) is 30.8 Å². The molecular weight excluding hydrogens is 536 g/mol. The van der Waals surface area contributed by atoms with Crippen molar-refractivity contribution >= 4 is 17.7 Å². The van der Waals surface area contributed by atoms with Gasteiger partial charge in [-0.3, -0.25) is 19.1 Å². The molecule has 0 aromatic carbocycles. The van der Waals surface area contributed by atoms with Crippen LogP contribution in [0.1, 0.15) is 68.4 Å². The molecule has 2 aromatic rings. The standard InChI is InChI=1S/C30H44N8O4/c1-21(2)32-27(39)17-22-8-13-37-19-23(22)9-16-42-29-25(7-6-10-31-29)28(40)33-26(30(37)41)18-24-20-38(35-34-24)15-14-36-11-4-3-5-12-36/h6-7,10,20-23,26H,3-5,8-9,11-19H2,1-2H3,(H,32,39)(H,33,40)/t22-,23-,26+/m0/s1. The molecule has 2 N–H and O–H groups in total. The Bertz CT molecular complexity index is 1230. The minimum atomic E-state index is -0.821. The number of hydrogen-bond acceptors (Lipinski definition) is 8. The highest BCUT2D eigenvalue weighted by Crippen LogP contribution is 2.31. The van der Waals surface area contributed by atoms with Gasteiger partial charge in [0.2, 0.25) is 17.7 Å². The zero-order valence-electron chi connectivity index (χ0n) is 24.8. The molecule has 0 unspecified atom stereocenters. The first-order valence-electron chi connectivity index (χ1n) is 15.4. The fourth-order valence-corrected chi connectivity index (χ4v) is 6.32. The molecule has 3 aliphatic rings. The van der Waals surface area contributed by atoms with Gasteiger partial charge >= 0.3 is 0 Å². The normalized spacial score (nSPS) is 23.8. The van der Waals surface area contributed by atoms with E-state index in [1.807, 2.05) is 29.6 Å². The number of rotatable bonds is 8. The number of amides is 3. The maximum Gasteiger partial charge on any atom is 0.257 e. The van der Waals surface area contributed by atoms with Crippen LogP contribution in [0.15, 0.2) is 24.5 Å². The van der Waals surface area contributed by atoms with Crippen molar-refractivity contribution in [3.63, 3.8) is 0 Å². The monoisotopic (exact) mass is 580 g/mol. The number of likely N-dealkylation sites (tertiary alicyclic amines) is 1. The third-order valence-corrected chi connectivity index (χ3v) is 8.54. The van der Waals surface area contributed by atoms with E-state index in [0.717, 1.165) is 26.2 Å². The molecule has 2 bridgehead atoms. The van der Waals surface area contributed by atoms with E-state index in [-0.39, 0.29) is 47.6 Å². The highest BCUT2D eigenvalue weighted by Gasteiger charge is 2.37. The molecular formula is C30H44N8O4. The number of ether oxygens (including phenoxy) is 1. The largest absolute Gasteiger partial charge is 0.477 e. The van der Waals surface area contributed by atoms with E-state index in [1.165, 1.54) is 19.3 Å². The van der Waals surface area contributed by atoms with Gasteiger partial charge < -0.3 is 25.2 Å². The number of hydrogen-bond donors (Lipinski definition) is 2. The smallest absolute Gasteiger partial charge is 0.257 e. The highest BCUT2D eigenvalue weighted by molar-refractivity contribution is 5.99. The average molecular weight is 581 g/mol. The third kappa shape index (κ3) is 7.84. The van der Waals surface area contributed by atoms with Gasteiger partial charge in [0.25, 0.3) is 5.91 Å². The maximum absolute atomic E-state index is 14.0. The Morgan fingerprint density at radius 3 is 2.79 bits per heavy atom. The van der Waals surface area contributed by atoms with Crippen LogP contribution in [0.3, 0.4) is 0 Å². The lowest BCUT2D eigenvalue weighted by Crippen LogP contribution is -2.54. The van der Waals surface area contributed by atoms with Gasteiger partial charge in [-0.15, -0.1) is 5.10 Å². The molecule has 0 spiro atoms. The van der Waals surface area contributed by atoms with Gasteiger partial charge in [-0.1, -0.05) is 11.6 Å². The molecule has 5 rings (SSSR count). The summed E-state index contributed by atoms with van der Waals surface area (Å²) in [4.78, 5) is 48.6. The SMILES string of the molecule is CC(C)NC(=O)C[C@@H]1CCN2C[C@@H]1CCOc1ncccc1C(=O)N[C@H](Cc1cn(CCN3CCCCC3)nn1)C2=O. The molecule has 3 amide bonds. The molecule has 0 saturated carbocycles. The quantitative estimate of drug-likeness (QED) is 0.482. The van der Waals surface area contributed by atoms with Crippen LogP contribution < -0.4 is 15.4 Å². The Labute approximate surface area is 247 Å². The first kappa shape index (κ1) is 29.9. The van der Waals surface area contributed by atoms with Crippen LogP contribution in [0.5, 0.6) is 5.88 Å². The first-order valence-corrected chi connectivity index (χ1v) is 15.4. The van der Waals surface area contributed by atoms with E-state index in [1.54, 1.807) is 18.3 Å². The minimum absolute atomic E-state index is 0.0299. The number of fused-ring (bicyclic) bond motifs is 3. The van der Waals surface area contributed by atoms with Crippen molar-refractivity contribution in [2.45, 2.75) is 77.4 Å². The second kappa shape index (κ2) is 14.1. The molecule has 12 nitrogen and oxygen atoms in total. The Morgan fingerprint density at radius 2 is 1.98 bits per heavy atom. The van der Waals surface area contributed by atoms with E-state index in [4.69, 9.17) is 4.74 Å². The molecule has 3 aliphatic heterocycles. The topological polar surface area (TPSA) is 135 Å². The number of nitrogens with zero attached hydrogens (tertiary/aromatic N) is 6. The Kier molecular flexibility index (Phi) is 10.0. The molecule has 0 aliphatic carbocycles. The molecule has 0 radical (unpaired) electrons. The van der Waals surface area contributed by atoms with E-state index < -0.39 is 11.9 Å². The van der Waals surface area contributed by atoms with Gasteiger partial charge in [0, 0.05) is 50.9 Å². The summed E-state index contributed by atoms with van der Waals surface area (Å²) in [5, 5.41) is 14.6. The van der Waals surface area contributed by atoms with E-state index in [9.17, 15) is 14.4 Å². The Morgan fingerprint density at radius 1 is 1.14 bits per heavy atom. The first-order chi connectivity index (χ1) is 20.4. The maximum atomic E-state index is 14.0. The summed E-state index contributed by atoms with van der Waals surface area (Å²) in [5.74, 6) is -0.0660. The average Bonchev–Trinajstić information content (AvgIpc) is 3.43. The highest BCUT2D eigenvalue weighted by atomic mass is 16.5. The molecule has 3 atom stereocenters. The van der Waals surface area contributed by atoms with Crippen LogP contribution in [0.25, 0.3) is 0 Å². The van der Waals surface area contributed by atoms with Crippen molar-refractivity contribution in [2.75, 3.05) is 39.3 Å². The van der Waals surface area contributed by atoms with Crippen LogP contribution in [0.4, 0.5) is 0 Å². The second-order valence-corrected chi connectivity index (χ2v) is 12.1. The number of pyridine rings is 1. The summed E-state index contributed by atoms with van der Waals surface area (Å²) in [7, 11) is 0. The lowest BCUT2D eigenvalue weighted by atomic mass is 9.80. The van der Waals surface area contributed by atoms with E-state index >= 15 is 0 Å². The molecule has 12 heteroatoms. The lowest BCUT2D eigenvalue weighted by molar-refractivity contribution is -0.136. The zero-order valence-corrected chi connectivity index (χ0v) is 24.8. The van der Waals surface area contributed by atoms with Crippen LogP contribution in [-0.4, -0.2) is 98.9 Å². The third-order valence-electron chi connectivity index (χ3n) is 8.54. The zero-order chi connectivity index (χ0) is 29.5. The summed E-state index contributed by atoms with van der Waals surface area (Å²) in [6.45, 7) is 9.16. The number of carbonyl (C=O) groups excluding carboxylic acids is 3. The predicted molar refractivity (Wildman–Crippen MR) is 156 cm³/mol. The molecule has 42 heavy (non-hydrogen) atoms. The summed E-state index contributed by atoms with van der Waals surface area (Å²) in [6, 6.07) is 2.59. The van der Waals surface area contributed by atoms with Crippen molar-refractivity contribution in [3.05, 3.63) is 35.8 Å². The van der Waals surface area contributed by atoms with Crippen LogP contribution >= 0.6 is 0 Å². The Hall–Kier alpha value is -3.54. The molecule has 2 saturated heterocycles. The number of aromatic nitrogens is 4. The molecule has 5 heterocycles. The summed E-state index contributed by atoms with van der Waals surface area (Å²) >= 11 is 0. The fraction of sp³-hybridized carbons (Fsp3) is 0.667. The minimum Gasteiger partial charge on any atom is -0.477 e. The van der Waals surface area contributed by atoms with Crippen LogP contribution in [0, 0.1) is 11.8 Å². The van der Waals surface area contributed by atoms with Crippen LogP contribution in [-0.2, 0) is 22.6 Å². The van der Waals surface area contributed by atoms with Crippen LogP contribution in [0.2, 0.25) is 0 Å². The van der Waals surface area contributed by atoms with Gasteiger partial charge in [0.1, 0.15) is 11.6 Å². The van der Waals surface area contributed by atoms with Crippen molar-refractivity contribution < 1.29 is 19.1 Å². The van der Waals surface area contributed by atoms with Gasteiger partial charge in [0.15, 0.2) is 0 Å². The van der Waals surface area contributed by atoms with Crippen molar-refractivity contribution in [1.29, 1.82) is 0 Å². The van der Waals surface area contributed by atoms with Gasteiger partial charge in [-0.2, -0.15) is 0 Å². The predicted octanol–water partition coefficient (Wildman–Crippen LogP) is 1.66. The van der Waals surface area contributed by atoms with Crippen molar-refractivity contribution in [3.8, 4) is 5.88 Å². The lowest BCUT2D eigenvalue weighted by Gasteiger charge is -2.40. The molecule has 228 valence electrons. The second-order valence-electron chi connectivity index (χ2n) is 12.1. The number of piperidine rings is 2. The van der Waals surface area contributed by atoms with Gasteiger partial charge in [-0.05, 0) is 76.6 Å². The van der Waals surface area contributed by atoms with Gasteiger partial charge in [-0.25, -0.2) is 4.98 Å². The summed E-state index contributed by atoms with van der Waals surface area (Å²) < 4.78 is 7.82. The Balaban J connectivity index is 1.32. The summed E-state index contributed by atoms with van der Waals surface area (Å²) in [5.41, 5.74) is 0.938. The summed E-state index contributed by atoms with van der Waals surface area (Å²) in [6.07, 6.45) is 9.24. The van der Waals surface area contributed by atoms with Gasteiger partial charge in [0.05, 0.1) is 18.8 Å². The molecule has 2 aromatic heterocycles. The van der Waals surface area contributed by atoms with E-state index in [0.29, 0.717) is 44.7 Å². The molecule has 2 fully saturated rings. The number of carbonyl (C=O) groups is 3. The number of nitrogens with one attached hydrogen (secondary N) is 2. The van der Waals surface area contributed by atoms with Crippen molar-refractivity contribution in [2.24, 2.45) is 11.8 Å². The fourth-order valence-electron chi connectivity index (χ4n) is 6.32.